The minimum atomic E-state index is -1.11. The van der Waals surface area contributed by atoms with Crippen molar-refractivity contribution < 1.29 is 117 Å². The van der Waals surface area contributed by atoms with Crippen LogP contribution < -0.4 is 20.8 Å². The fourth-order valence-corrected chi connectivity index (χ4v) is 11.0. The van der Waals surface area contributed by atoms with E-state index in [0.717, 1.165) is 59.5 Å². The molecular formula is C50H64F4N8O7S2Y2-2. The van der Waals surface area contributed by atoms with Gasteiger partial charge in [0.1, 0.15) is 24.4 Å². The van der Waals surface area contributed by atoms with Gasteiger partial charge in [0.2, 0.25) is 0 Å². The molecule has 1 saturated heterocycles. The standard InChI is InChI=1S/C26H33F2N4O3S.C24H31F2N4O4S.2Y/c1-6-9-36-25-30-21(29-18-12-20(33-5)24-23(18)34-26(2,3)35-24)13-22(31-25)32(4)19-11-15(19)14-7-8-16(27)17(28)10-14;1-3-8-35-24-28-20(27-17-11-19(34-7-6-31)23(33)22(17)32)12-21(29-24)30(2)18-10-14(18)13-4-5-15(25)16(26)9-13;;/h7-8,10,15,18-20,23-24H,6,9,11-12H2,1-5H3,(H,29,30,31);4-5,9,14,17-19,22-23,31-33H,3,6-8,10-11H2,1-2H3,(H,27,28,29);;/q2*-1;;/t15-,18+,19+,20-,23-,24+;14-,17+,18+,19-,22-,23+;;/m00../s1. The molecule has 73 heavy (non-hydrogen) atoms. The molecule has 3 heterocycles. The number of aliphatic hydroxyl groups is 3. The number of halogens is 4. The van der Waals surface area contributed by atoms with E-state index in [9.17, 15) is 27.8 Å². The summed E-state index contributed by atoms with van der Waals surface area (Å²) in [5.41, 5.74) is 2.53. The van der Waals surface area contributed by atoms with Crippen LogP contribution in [0.2, 0.25) is 0 Å². The topological polar surface area (TPSA) is 186 Å². The average Bonchev–Trinajstić information content (AvgIpc) is 4.26. The van der Waals surface area contributed by atoms with Crippen molar-refractivity contribution in [2.24, 2.45) is 9.98 Å². The molecule has 0 bridgehead atoms. The summed E-state index contributed by atoms with van der Waals surface area (Å²) in [4.78, 5) is 29.5. The number of nitrogens with one attached hydrogen (secondary N) is 2. The molecule has 5 fully saturated rings. The first kappa shape index (κ1) is 60.4. The van der Waals surface area contributed by atoms with E-state index >= 15 is 0 Å². The van der Waals surface area contributed by atoms with Crippen molar-refractivity contribution in [3.8, 4) is 0 Å². The molecule has 9 rings (SSSR count). The number of aromatic nitrogens is 4. The van der Waals surface area contributed by atoms with Gasteiger partial charge in [-0.05, 0) is 86.6 Å². The predicted molar refractivity (Wildman–Crippen MR) is 260 cm³/mol. The fraction of sp³-hybridized carbons (Fsp3) is 0.600. The number of hydrogen-bond acceptors (Lipinski definition) is 15. The molecule has 5 aliphatic rings. The zero-order valence-electron chi connectivity index (χ0n) is 42.1. The number of ether oxygens (including phenoxy) is 4. The van der Waals surface area contributed by atoms with E-state index in [-0.39, 0.29) is 127 Å². The number of H-pyrrole nitrogens is 2. The summed E-state index contributed by atoms with van der Waals surface area (Å²) in [7, 11) is 5.54. The summed E-state index contributed by atoms with van der Waals surface area (Å²) in [5, 5.41) is 31.2. The Labute approximate surface area is 482 Å². The molecule has 2 aromatic carbocycles. The molecule has 4 aliphatic carbocycles. The van der Waals surface area contributed by atoms with Gasteiger partial charge in [-0.25, -0.2) is 27.5 Å². The van der Waals surface area contributed by atoms with Gasteiger partial charge in [0.15, 0.2) is 39.4 Å². The first-order chi connectivity index (χ1) is 34.0. The van der Waals surface area contributed by atoms with Crippen molar-refractivity contribution in [3.05, 3.63) is 93.9 Å². The second-order valence-corrected chi connectivity index (χ2v) is 21.2. The Morgan fingerprint density at radius 1 is 0.726 bits per heavy atom. The van der Waals surface area contributed by atoms with Gasteiger partial charge in [0.05, 0.1) is 37.5 Å². The molecule has 4 saturated carbocycles. The smallest absolute Gasteiger partial charge is 0.164 e. The van der Waals surface area contributed by atoms with Gasteiger partial charge in [0, 0.05) is 135 Å². The molecule has 4 aromatic rings. The summed E-state index contributed by atoms with van der Waals surface area (Å²) < 4.78 is 77.6. The summed E-state index contributed by atoms with van der Waals surface area (Å²) in [6.45, 7) is 7.91. The zero-order chi connectivity index (χ0) is 50.7. The number of methoxy groups -OCH3 is 1. The SMILES string of the molecule is CCCSc1nc(N(C)[C@@H]2C[C@H]2c2ccc(F)c(F)c2)[c-]c(=N[C@@H]2C[C@H](OC)[C@H]3OC(C)(C)O[C@H]32)[nH]1.CCCSc1nc(N(C)[C@@H]2C[C@H]2c2ccc(F)c(F)c2)[c-]c(=N[C@@H]2C[C@H](OCCO)[C@@H](O)[C@H]2O)[nH]1.[Y].[Y]. The van der Waals surface area contributed by atoms with Crippen molar-refractivity contribution in [2.45, 2.75) is 155 Å². The third kappa shape index (κ3) is 14.8. The molecule has 5 N–H and O–H groups in total. The van der Waals surface area contributed by atoms with Crippen LogP contribution in [0.1, 0.15) is 89.2 Å². The Balaban J connectivity index is 0.000000232. The van der Waals surface area contributed by atoms with Crippen molar-refractivity contribution in [2.75, 3.05) is 55.7 Å². The Morgan fingerprint density at radius 3 is 1.67 bits per heavy atom. The summed E-state index contributed by atoms with van der Waals surface area (Å²) in [6.07, 6.45) is 1.28. The minimum absolute atomic E-state index is 0. The number of fused-ring (bicyclic) bond motifs is 1. The number of nitrogens with zero attached hydrogens (tertiary/aromatic N) is 6. The van der Waals surface area contributed by atoms with Crippen LogP contribution >= 0.6 is 23.5 Å². The van der Waals surface area contributed by atoms with Gasteiger partial charge in [-0.1, -0.05) is 60.5 Å². The van der Waals surface area contributed by atoms with Crippen LogP contribution in [-0.2, 0) is 84.4 Å². The van der Waals surface area contributed by atoms with Gasteiger partial charge in [-0.3, -0.25) is 9.98 Å². The number of rotatable bonds is 18. The Morgan fingerprint density at radius 2 is 1.21 bits per heavy atom. The van der Waals surface area contributed by atoms with Crippen LogP contribution in [0.4, 0.5) is 29.2 Å². The number of aromatic amines is 2. The summed E-state index contributed by atoms with van der Waals surface area (Å²) in [6, 6.07) is 14.1. The second kappa shape index (κ2) is 26.7. The van der Waals surface area contributed by atoms with E-state index in [0.29, 0.717) is 40.6 Å². The number of hydrogen-bond donors (Lipinski definition) is 5. The molecule has 0 spiro atoms. The third-order valence-corrected chi connectivity index (χ3v) is 15.6. The largest absolute Gasteiger partial charge is 0.394 e. The molecule has 12 atom stereocenters. The molecule has 23 heteroatoms. The quantitative estimate of drug-likeness (QED) is 0.0342. The van der Waals surface area contributed by atoms with E-state index in [4.69, 9.17) is 34.0 Å². The number of likely N-dealkylation sites (N-methyl/N-ethyl adjacent to an activating group) is 2. The Bertz CT molecular complexity index is 2630. The fourth-order valence-electron chi connectivity index (χ4n) is 9.58. The average molecular weight is 1210 g/mol. The number of benzene rings is 2. The third-order valence-electron chi connectivity index (χ3n) is 13.4. The van der Waals surface area contributed by atoms with Gasteiger partial charge in [0.25, 0.3) is 0 Å². The van der Waals surface area contributed by atoms with Crippen molar-refractivity contribution >= 4 is 35.2 Å². The molecule has 15 nitrogen and oxygen atoms in total. The Kier molecular flexibility index (Phi) is 22.1. The predicted octanol–water partition coefficient (Wildman–Crippen LogP) is 5.94. The monoisotopic (exact) mass is 1210 g/mol. The van der Waals surface area contributed by atoms with Crippen LogP contribution in [0.25, 0.3) is 0 Å². The molecular weight excluding hydrogens is 1140 g/mol. The van der Waals surface area contributed by atoms with Crippen LogP contribution in [0.5, 0.6) is 0 Å². The van der Waals surface area contributed by atoms with Crippen molar-refractivity contribution in [1.29, 1.82) is 0 Å². The van der Waals surface area contributed by atoms with E-state index < -0.39 is 53.4 Å². The maximum Gasteiger partial charge on any atom is 0.164 e. The maximum atomic E-state index is 13.8. The first-order valence-corrected chi connectivity index (χ1v) is 26.2. The number of anilines is 2. The van der Waals surface area contributed by atoms with E-state index in [1.807, 2.05) is 32.8 Å². The van der Waals surface area contributed by atoms with Crippen LogP contribution in [0.3, 0.4) is 0 Å². The van der Waals surface area contributed by atoms with Crippen molar-refractivity contribution in [1.82, 2.24) is 19.9 Å². The number of aliphatic hydroxyl groups excluding tert-OH is 3. The second-order valence-electron chi connectivity index (χ2n) is 19.1. The summed E-state index contributed by atoms with van der Waals surface area (Å²) in [5.74, 6) is -0.885. The van der Waals surface area contributed by atoms with Crippen LogP contribution in [0.15, 0.2) is 56.7 Å². The van der Waals surface area contributed by atoms with Gasteiger partial charge in [-0.15, -0.1) is 0 Å². The molecule has 1 aliphatic heterocycles. The number of thioether (sulfide) groups is 2. The maximum absolute atomic E-state index is 13.8. The first-order valence-electron chi connectivity index (χ1n) is 24.2. The van der Waals surface area contributed by atoms with Gasteiger partial charge < -0.3 is 66.2 Å². The van der Waals surface area contributed by atoms with Crippen molar-refractivity contribution in [3.63, 3.8) is 0 Å². The zero-order valence-corrected chi connectivity index (χ0v) is 49.4. The van der Waals surface area contributed by atoms with Crippen LogP contribution in [0, 0.1) is 35.4 Å². The molecule has 394 valence electrons. The Hall–Kier alpha value is -1.85. The van der Waals surface area contributed by atoms with Gasteiger partial charge >= 0.3 is 0 Å². The molecule has 0 unspecified atom stereocenters. The molecule has 2 aromatic heterocycles. The minimum Gasteiger partial charge on any atom is -0.394 e. The van der Waals surface area contributed by atoms with E-state index in [1.165, 1.54) is 18.2 Å². The summed E-state index contributed by atoms with van der Waals surface area (Å²) >= 11 is 3.18. The molecule has 2 radical (unpaired) electrons. The van der Waals surface area contributed by atoms with Crippen LogP contribution in [-0.4, -0.2) is 148 Å². The molecule has 0 amide bonds. The van der Waals surface area contributed by atoms with E-state index in [1.54, 1.807) is 42.8 Å². The normalized spacial score (nSPS) is 29.0. The van der Waals surface area contributed by atoms with E-state index in [2.05, 4.69) is 50.8 Å². The van der Waals surface area contributed by atoms with Gasteiger partial charge in [-0.2, -0.15) is 0 Å².